The van der Waals surface area contributed by atoms with Gasteiger partial charge in [0.2, 0.25) is 0 Å². The summed E-state index contributed by atoms with van der Waals surface area (Å²) in [5.41, 5.74) is 7.52. The summed E-state index contributed by atoms with van der Waals surface area (Å²) in [5.74, 6) is 1.30. The normalized spacial score (nSPS) is 15.7. The van der Waals surface area contributed by atoms with Crippen molar-refractivity contribution in [3.8, 4) is 0 Å². The first-order valence-corrected chi connectivity index (χ1v) is 8.05. The van der Waals surface area contributed by atoms with E-state index >= 15 is 0 Å². The van der Waals surface area contributed by atoms with Gasteiger partial charge < -0.3 is 20.9 Å². The average Bonchev–Trinajstić information content (AvgIpc) is 2.49. The molecule has 8 heteroatoms. The molecule has 1 saturated heterocycles. The SMILES string of the molecule is CN1CCN(c2ncnc(Nc3cc(Cl)cc(Cl)c3)c2N)CC1. The first-order valence-electron chi connectivity index (χ1n) is 7.30. The number of aromatic nitrogens is 2. The highest BCUT2D eigenvalue weighted by molar-refractivity contribution is 6.35. The fourth-order valence-corrected chi connectivity index (χ4v) is 3.04. The first-order chi connectivity index (χ1) is 11.0. The van der Waals surface area contributed by atoms with Crippen molar-refractivity contribution in [1.82, 2.24) is 14.9 Å². The summed E-state index contributed by atoms with van der Waals surface area (Å²) in [6, 6.07) is 5.21. The fraction of sp³-hybridized carbons (Fsp3) is 0.333. The van der Waals surface area contributed by atoms with Gasteiger partial charge in [0.05, 0.1) is 0 Å². The minimum atomic E-state index is 0.521. The Morgan fingerprint density at radius 1 is 1.04 bits per heavy atom. The van der Waals surface area contributed by atoms with Crippen LogP contribution in [0, 0.1) is 0 Å². The number of rotatable bonds is 3. The molecule has 0 atom stereocenters. The summed E-state index contributed by atoms with van der Waals surface area (Å²) < 4.78 is 0. The lowest BCUT2D eigenvalue weighted by molar-refractivity contribution is 0.312. The Morgan fingerprint density at radius 2 is 1.70 bits per heavy atom. The van der Waals surface area contributed by atoms with E-state index in [0.717, 1.165) is 37.7 Å². The fourth-order valence-electron chi connectivity index (χ4n) is 2.52. The zero-order chi connectivity index (χ0) is 16.4. The summed E-state index contributed by atoms with van der Waals surface area (Å²) in [7, 11) is 2.11. The van der Waals surface area contributed by atoms with Crippen molar-refractivity contribution < 1.29 is 0 Å². The van der Waals surface area contributed by atoms with Gasteiger partial charge >= 0.3 is 0 Å². The van der Waals surface area contributed by atoms with Crippen LogP contribution in [0.25, 0.3) is 0 Å². The molecule has 0 amide bonds. The largest absolute Gasteiger partial charge is 0.393 e. The minimum Gasteiger partial charge on any atom is -0.393 e. The summed E-state index contributed by atoms with van der Waals surface area (Å²) in [6.07, 6.45) is 1.51. The van der Waals surface area contributed by atoms with Gasteiger partial charge in [0, 0.05) is 41.9 Å². The molecular weight excluding hydrogens is 335 g/mol. The van der Waals surface area contributed by atoms with Crippen molar-refractivity contribution in [3.05, 3.63) is 34.6 Å². The Labute approximate surface area is 145 Å². The molecule has 0 radical (unpaired) electrons. The molecule has 1 fully saturated rings. The Hall–Kier alpha value is -1.76. The topological polar surface area (TPSA) is 70.3 Å². The summed E-state index contributed by atoms with van der Waals surface area (Å²) in [4.78, 5) is 13.0. The number of benzene rings is 1. The predicted octanol–water partition coefficient (Wildman–Crippen LogP) is 2.86. The van der Waals surface area contributed by atoms with Gasteiger partial charge in [-0.15, -0.1) is 0 Å². The van der Waals surface area contributed by atoms with E-state index < -0.39 is 0 Å². The third kappa shape index (κ3) is 3.77. The first kappa shape index (κ1) is 16.1. The molecule has 0 unspecified atom stereocenters. The van der Waals surface area contributed by atoms with Crippen molar-refractivity contribution in [2.75, 3.05) is 49.2 Å². The molecule has 1 aromatic heterocycles. The maximum atomic E-state index is 6.26. The van der Waals surface area contributed by atoms with Gasteiger partial charge in [-0.1, -0.05) is 23.2 Å². The molecule has 1 aliphatic heterocycles. The van der Waals surface area contributed by atoms with Crippen LogP contribution in [0.15, 0.2) is 24.5 Å². The van der Waals surface area contributed by atoms with Crippen molar-refractivity contribution in [2.24, 2.45) is 0 Å². The highest BCUT2D eigenvalue weighted by atomic mass is 35.5. The summed E-state index contributed by atoms with van der Waals surface area (Å²) in [6.45, 7) is 3.74. The number of nitrogens with zero attached hydrogens (tertiary/aromatic N) is 4. The van der Waals surface area contributed by atoms with Gasteiger partial charge in [0.15, 0.2) is 11.6 Å². The van der Waals surface area contributed by atoms with E-state index in [1.54, 1.807) is 18.2 Å². The van der Waals surface area contributed by atoms with Crippen LogP contribution >= 0.6 is 23.2 Å². The van der Waals surface area contributed by atoms with E-state index in [9.17, 15) is 0 Å². The molecule has 0 bridgehead atoms. The number of nitrogen functional groups attached to an aromatic ring is 1. The quantitative estimate of drug-likeness (QED) is 0.884. The molecule has 0 saturated carbocycles. The Bertz CT molecular complexity index is 680. The van der Waals surface area contributed by atoms with Crippen molar-refractivity contribution in [1.29, 1.82) is 0 Å². The van der Waals surface area contributed by atoms with Crippen LogP contribution in [0.1, 0.15) is 0 Å². The zero-order valence-corrected chi connectivity index (χ0v) is 14.3. The van der Waals surface area contributed by atoms with Gasteiger partial charge in [-0.25, -0.2) is 9.97 Å². The van der Waals surface area contributed by atoms with E-state index in [1.807, 2.05) is 0 Å². The molecule has 2 aromatic rings. The molecule has 0 spiro atoms. The summed E-state index contributed by atoms with van der Waals surface area (Å²) in [5, 5.41) is 4.26. The standard InChI is InChI=1S/C15H18Cl2N6/c1-22-2-4-23(5-3-22)15-13(18)14(19-9-20-15)21-12-7-10(16)6-11(17)8-12/h6-9H,2-5,18H2,1H3,(H,19,20,21). The zero-order valence-electron chi connectivity index (χ0n) is 12.8. The van der Waals surface area contributed by atoms with Gasteiger partial charge in [-0.2, -0.15) is 0 Å². The number of nitrogens with two attached hydrogens (primary N) is 1. The average molecular weight is 353 g/mol. The van der Waals surface area contributed by atoms with E-state index in [2.05, 4.69) is 32.1 Å². The number of halogens is 2. The third-order valence-electron chi connectivity index (χ3n) is 3.79. The molecule has 23 heavy (non-hydrogen) atoms. The van der Waals surface area contributed by atoms with Crippen LogP contribution < -0.4 is 16.0 Å². The molecule has 122 valence electrons. The monoisotopic (exact) mass is 352 g/mol. The number of anilines is 4. The second-order valence-corrected chi connectivity index (χ2v) is 6.41. The molecule has 3 rings (SSSR count). The Morgan fingerprint density at radius 3 is 2.35 bits per heavy atom. The lowest BCUT2D eigenvalue weighted by atomic mass is 10.3. The number of piperazine rings is 1. The Kier molecular flexibility index (Phi) is 4.75. The summed E-state index contributed by atoms with van der Waals surface area (Å²) >= 11 is 12.0. The van der Waals surface area contributed by atoms with Crippen molar-refractivity contribution in [2.45, 2.75) is 0 Å². The lowest BCUT2D eigenvalue weighted by Crippen LogP contribution is -2.45. The van der Waals surface area contributed by atoms with E-state index in [1.165, 1.54) is 6.33 Å². The van der Waals surface area contributed by atoms with Gasteiger partial charge in [-0.3, -0.25) is 0 Å². The predicted molar refractivity (Wildman–Crippen MR) is 95.9 cm³/mol. The Balaban J connectivity index is 1.84. The smallest absolute Gasteiger partial charge is 0.159 e. The van der Waals surface area contributed by atoms with Crippen LogP contribution in [0.4, 0.5) is 23.0 Å². The molecule has 1 aromatic carbocycles. The van der Waals surface area contributed by atoms with Crippen LogP contribution in [0.2, 0.25) is 10.0 Å². The van der Waals surface area contributed by atoms with Crippen molar-refractivity contribution in [3.63, 3.8) is 0 Å². The van der Waals surface area contributed by atoms with Crippen LogP contribution in [0.5, 0.6) is 0 Å². The molecular formula is C15H18Cl2N6. The molecule has 0 aliphatic carbocycles. The van der Waals surface area contributed by atoms with Crippen LogP contribution in [-0.2, 0) is 0 Å². The number of hydrogen-bond acceptors (Lipinski definition) is 6. The number of nitrogens with one attached hydrogen (secondary N) is 1. The maximum absolute atomic E-state index is 6.26. The molecule has 1 aliphatic rings. The van der Waals surface area contributed by atoms with Crippen LogP contribution in [0.3, 0.4) is 0 Å². The highest BCUT2D eigenvalue weighted by Gasteiger charge is 2.19. The second kappa shape index (κ2) is 6.78. The minimum absolute atomic E-state index is 0.521. The van der Waals surface area contributed by atoms with Crippen molar-refractivity contribution >= 4 is 46.2 Å². The number of likely N-dealkylation sites (N-methyl/N-ethyl adjacent to an activating group) is 1. The highest BCUT2D eigenvalue weighted by Crippen LogP contribution is 2.31. The van der Waals surface area contributed by atoms with E-state index in [0.29, 0.717) is 21.6 Å². The molecule has 2 heterocycles. The lowest BCUT2D eigenvalue weighted by Gasteiger charge is -2.33. The van der Waals surface area contributed by atoms with E-state index in [4.69, 9.17) is 28.9 Å². The van der Waals surface area contributed by atoms with Crippen LogP contribution in [-0.4, -0.2) is 48.1 Å². The number of hydrogen-bond donors (Lipinski definition) is 2. The molecule has 3 N–H and O–H groups in total. The third-order valence-corrected chi connectivity index (χ3v) is 4.23. The maximum Gasteiger partial charge on any atom is 0.159 e. The van der Waals surface area contributed by atoms with Gasteiger partial charge in [0.1, 0.15) is 12.0 Å². The second-order valence-electron chi connectivity index (χ2n) is 5.53. The van der Waals surface area contributed by atoms with E-state index in [-0.39, 0.29) is 0 Å². The molecule has 6 nitrogen and oxygen atoms in total. The van der Waals surface area contributed by atoms with Gasteiger partial charge in [-0.05, 0) is 25.2 Å². The van der Waals surface area contributed by atoms with Gasteiger partial charge in [0.25, 0.3) is 0 Å².